The molecule has 2 N–H and O–H groups in total. The predicted octanol–water partition coefficient (Wildman–Crippen LogP) is 4.42. The molecule has 1 unspecified atom stereocenters. The number of pyridine rings is 1. The van der Waals surface area contributed by atoms with Gasteiger partial charge in [-0.05, 0) is 42.8 Å². The normalized spacial score (nSPS) is 12.1. The Kier molecular flexibility index (Phi) is 4.53. The molecule has 1 atom stereocenters. The minimum atomic E-state index is -1.71. The topological polar surface area (TPSA) is 78.4 Å². The fourth-order valence-electron chi connectivity index (χ4n) is 3.00. The fourth-order valence-corrected chi connectivity index (χ4v) is 3.00. The van der Waals surface area contributed by atoms with Crippen molar-refractivity contribution in [2.45, 2.75) is 13.1 Å². The monoisotopic (exact) mass is 371 g/mol. The van der Waals surface area contributed by atoms with Gasteiger partial charge in [-0.25, -0.2) is 4.39 Å². The molecule has 6 heteroatoms. The van der Waals surface area contributed by atoms with E-state index >= 15 is 4.39 Å². The summed E-state index contributed by atoms with van der Waals surface area (Å²) in [4.78, 5) is 4.23. The second-order valence-electron chi connectivity index (χ2n) is 6.58. The molecule has 0 saturated carbocycles. The van der Waals surface area contributed by atoms with Gasteiger partial charge in [0, 0.05) is 17.1 Å². The van der Waals surface area contributed by atoms with E-state index in [0.717, 1.165) is 26.7 Å². The Bertz CT molecular complexity index is 1230. The van der Waals surface area contributed by atoms with Crippen LogP contribution < -0.4 is 5.49 Å². The summed E-state index contributed by atoms with van der Waals surface area (Å²) in [7, 11) is 0. The molecule has 4 aromatic rings. The third kappa shape index (κ3) is 3.32. The van der Waals surface area contributed by atoms with Crippen molar-refractivity contribution in [1.82, 2.24) is 14.8 Å². The van der Waals surface area contributed by atoms with Crippen molar-refractivity contribution in [2.24, 2.45) is 0 Å². The van der Waals surface area contributed by atoms with E-state index in [-0.39, 0.29) is 5.49 Å². The Hall–Kier alpha value is -3.67. The molecule has 0 aliphatic heterocycles. The van der Waals surface area contributed by atoms with Gasteiger partial charge in [-0.1, -0.05) is 42.0 Å². The molecule has 2 aromatic heterocycles. The molecule has 28 heavy (non-hydrogen) atoms. The number of alkyl halides is 1. The van der Waals surface area contributed by atoms with Crippen LogP contribution >= 0.6 is 0 Å². The van der Waals surface area contributed by atoms with Crippen LogP contribution in [0.4, 0.5) is 4.39 Å². The van der Waals surface area contributed by atoms with Crippen molar-refractivity contribution in [3.05, 3.63) is 89.5 Å². The van der Waals surface area contributed by atoms with Crippen LogP contribution in [-0.2, 0) is 0 Å². The van der Waals surface area contributed by atoms with Crippen LogP contribution in [-0.4, -0.2) is 20.6 Å². The number of rotatable bonds is 3. The predicted molar refractivity (Wildman–Crippen MR) is 107 cm³/mol. The summed E-state index contributed by atoms with van der Waals surface area (Å²) in [6.45, 7) is 1.99. The molecular formula is C22H18FN5. The molecule has 2 heterocycles. The minimum absolute atomic E-state index is 0.0500. The summed E-state index contributed by atoms with van der Waals surface area (Å²) in [5.74, 6) is -0.401. The second kappa shape index (κ2) is 7.15. The van der Waals surface area contributed by atoms with Gasteiger partial charge in [0.1, 0.15) is 5.49 Å². The summed E-state index contributed by atoms with van der Waals surface area (Å²) in [6, 6.07) is 19.6. The molecule has 5 nitrogen and oxygen atoms in total. The quantitative estimate of drug-likeness (QED) is 0.413. The van der Waals surface area contributed by atoms with Gasteiger partial charge in [0.2, 0.25) is 0 Å². The van der Waals surface area contributed by atoms with Crippen LogP contribution in [0.3, 0.4) is 0 Å². The van der Waals surface area contributed by atoms with Gasteiger partial charge < -0.3 is 0 Å². The van der Waals surface area contributed by atoms with Crippen molar-refractivity contribution < 1.29 is 4.39 Å². The highest BCUT2D eigenvalue weighted by Crippen LogP contribution is 2.23. The SMILES string of the molecule is Cc1ccc(-c2ccc(=N)n(C(=N)C(F)c3ccc4ncccc4c3)n2)cc1. The van der Waals surface area contributed by atoms with Gasteiger partial charge in [-0.3, -0.25) is 15.8 Å². The average Bonchev–Trinajstić information content (AvgIpc) is 2.73. The number of fused-ring (bicyclic) bond motifs is 1. The van der Waals surface area contributed by atoms with Crippen LogP contribution in [0.25, 0.3) is 22.2 Å². The van der Waals surface area contributed by atoms with Gasteiger partial charge >= 0.3 is 0 Å². The number of halogens is 1. The van der Waals surface area contributed by atoms with E-state index in [1.54, 1.807) is 36.5 Å². The van der Waals surface area contributed by atoms with Gasteiger partial charge in [0.25, 0.3) is 0 Å². The standard InChI is InChI=1S/C22H18FN5/c1-14-4-6-15(7-5-14)19-10-11-20(24)28(27-19)22(25)21(23)17-8-9-18-16(13-17)3-2-12-26-18/h2-13,21,24-25H,1H3. The lowest BCUT2D eigenvalue weighted by molar-refractivity contribution is 0.425. The van der Waals surface area contributed by atoms with Crippen LogP contribution in [0, 0.1) is 17.7 Å². The third-order valence-electron chi connectivity index (χ3n) is 4.57. The van der Waals surface area contributed by atoms with E-state index in [4.69, 9.17) is 10.8 Å². The summed E-state index contributed by atoms with van der Waals surface area (Å²) in [5.41, 5.74) is 3.59. The van der Waals surface area contributed by atoms with Crippen molar-refractivity contribution in [1.29, 1.82) is 10.8 Å². The molecule has 0 radical (unpaired) electrons. The number of nitrogens with one attached hydrogen (secondary N) is 2. The first-order valence-corrected chi connectivity index (χ1v) is 8.82. The first kappa shape index (κ1) is 17.7. The first-order chi connectivity index (χ1) is 13.5. The zero-order valence-corrected chi connectivity index (χ0v) is 15.2. The van der Waals surface area contributed by atoms with E-state index in [1.165, 1.54) is 6.07 Å². The summed E-state index contributed by atoms with van der Waals surface area (Å²) < 4.78 is 16.2. The van der Waals surface area contributed by atoms with E-state index in [0.29, 0.717) is 11.3 Å². The number of hydrogen-bond acceptors (Lipinski definition) is 4. The summed E-state index contributed by atoms with van der Waals surface area (Å²) in [6.07, 6.45) is -0.0286. The van der Waals surface area contributed by atoms with Gasteiger partial charge in [0.15, 0.2) is 12.0 Å². The number of nitrogens with zero attached hydrogens (tertiary/aromatic N) is 3. The van der Waals surface area contributed by atoms with Crippen molar-refractivity contribution >= 4 is 16.7 Å². The molecule has 0 saturated heterocycles. The van der Waals surface area contributed by atoms with E-state index < -0.39 is 12.0 Å². The molecule has 138 valence electrons. The van der Waals surface area contributed by atoms with Gasteiger partial charge in [-0.15, -0.1) is 0 Å². The Morgan fingerprint density at radius 1 is 1.04 bits per heavy atom. The third-order valence-corrected chi connectivity index (χ3v) is 4.57. The maximum atomic E-state index is 15.1. The Balaban J connectivity index is 1.70. The largest absolute Gasteiger partial charge is 0.284 e. The van der Waals surface area contributed by atoms with Crippen molar-refractivity contribution in [2.75, 3.05) is 0 Å². The van der Waals surface area contributed by atoms with E-state index in [9.17, 15) is 0 Å². The Morgan fingerprint density at radius 2 is 1.82 bits per heavy atom. The highest BCUT2D eigenvalue weighted by atomic mass is 19.1. The Morgan fingerprint density at radius 3 is 2.61 bits per heavy atom. The van der Waals surface area contributed by atoms with Crippen molar-refractivity contribution in [3.8, 4) is 11.3 Å². The lowest BCUT2D eigenvalue weighted by Gasteiger charge is -2.14. The van der Waals surface area contributed by atoms with Crippen LogP contribution in [0.2, 0.25) is 0 Å². The van der Waals surface area contributed by atoms with E-state index in [1.807, 2.05) is 37.3 Å². The molecular weight excluding hydrogens is 353 g/mol. The first-order valence-electron chi connectivity index (χ1n) is 8.82. The molecule has 0 aliphatic carbocycles. The summed E-state index contributed by atoms with van der Waals surface area (Å²) >= 11 is 0. The zero-order valence-electron chi connectivity index (χ0n) is 15.2. The number of aromatic nitrogens is 3. The fraction of sp³-hybridized carbons (Fsp3) is 0.0909. The van der Waals surface area contributed by atoms with Gasteiger partial charge in [0.05, 0.1) is 11.2 Å². The van der Waals surface area contributed by atoms with Crippen LogP contribution in [0.1, 0.15) is 17.3 Å². The lowest BCUT2D eigenvalue weighted by atomic mass is 10.1. The smallest absolute Gasteiger partial charge is 0.184 e. The van der Waals surface area contributed by atoms with Crippen LogP contribution in [0.15, 0.2) is 72.9 Å². The number of aryl methyl sites for hydroxylation is 1. The lowest BCUT2D eigenvalue weighted by Crippen LogP contribution is -2.31. The summed E-state index contributed by atoms with van der Waals surface area (Å²) in [5, 5.41) is 21.5. The maximum absolute atomic E-state index is 15.1. The average molecular weight is 371 g/mol. The van der Waals surface area contributed by atoms with Crippen molar-refractivity contribution in [3.63, 3.8) is 0 Å². The molecule has 4 rings (SSSR count). The minimum Gasteiger partial charge on any atom is -0.284 e. The molecule has 0 bridgehead atoms. The van der Waals surface area contributed by atoms with E-state index in [2.05, 4.69) is 10.1 Å². The second-order valence-corrected chi connectivity index (χ2v) is 6.58. The number of benzene rings is 2. The molecule has 0 aliphatic rings. The molecule has 0 spiro atoms. The number of hydrogen-bond donors (Lipinski definition) is 2. The van der Waals surface area contributed by atoms with Crippen LogP contribution in [0.5, 0.6) is 0 Å². The van der Waals surface area contributed by atoms with Gasteiger partial charge in [-0.2, -0.15) is 9.78 Å². The highest BCUT2D eigenvalue weighted by molar-refractivity contribution is 5.88. The highest BCUT2D eigenvalue weighted by Gasteiger charge is 2.20. The maximum Gasteiger partial charge on any atom is 0.184 e. The molecule has 2 aromatic carbocycles. The zero-order chi connectivity index (χ0) is 19.7. The Labute approximate surface area is 161 Å². The molecule has 0 amide bonds. The molecule has 0 fully saturated rings.